The number of carbonyl (C=O) groups is 1. The smallest absolute Gasteiger partial charge is 0.312 e. The molecule has 2 heterocycles. The minimum Gasteiger partial charge on any atom is -0.481 e. The first-order valence-electron chi connectivity index (χ1n) is 6.31. The van der Waals surface area contributed by atoms with Gasteiger partial charge in [0, 0.05) is 0 Å². The van der Waals surface area contributed by atoms with Gasteiger partial charge in [0.25, 0.3) is 0 Å². The lowest BCUT2D eigenvalue weighted by Gasteiger charge is -2.13. The molecule has 0 aliphatic carbocycles. The Morgan fingerprint density at radius 2 is 2.10 bits per heavy atom. The van der Waals surface area contributed by atoms with Crippen LogP contribution in [0.1, 0.15) is 17.2 Å². The van der Waals surface area contributed by atoms with E-state index in [0.29, 0.717) is 16.8 Å². The molecule has 3 aromatic rings. The predicted molar refractivity (Wildman–Crippen MR) is 77.9 cm³/mol. The van der Waals surface area contributed by atoms with Crippen LogP contribution in [0.15, 0.2) is 42.0 Å². The molecule has 106 valence electrons. The van der Waals surface area contributed by atoms with Crippen molar-refractivity contribution >= 4 is 27.5 Å². The molecule has 0 radical (unpaired) electrons. The van der Waals surface area contributed by atoms with Gasteiger partial charge in [0.15, 0.2) is 0 Å². The van der Waals surface area contributed by atoms with Crippen LogP contribution in [0, 0.1) is 5.82 Å². The molecule has 3 rings (SSSR count). The van der Waals surface area contributed by atoms with Gasteiger partial charge in [-0.05, 0) is 29.5 Å². The number of aromatic nitrogens is 2. The van der Waals surface area contributed by atoms with Crippen LogP contribution in [0.5, 0.6) is 0 Å². The molecule has 0 saturated carbocycles. The fourth-order valence-electron chi connectivity index (χ4n) is 2.24. The Bertz CT molecular complexity index is 803. The van der Waals surface area contributed by atoms with E-state index in [0.717, 1.165) is 4.70 Å². The first-order chi connectivity index (χ1) is 10.2. The van der Waals surface area contributed by atoms with Crippen LogP contribution < -0.4 is 0 Å². The molecule has 0 saturated heterocycles. The van der Waals surface area contributed by atoms with Crippen molar-refractivity contribution in [1.82, 2.24) is 9.97 Å². The number of hydrogen-bond donors (Lipinski definition) is 1. The maximum absolute atomic E-state index is 13.8. The molecule has 0 spiro atoms. The number of carboxylic acids is 1. The summed E-state index contributed by atoms with van der Waals surface area (Å²) in [6, 6.07) is 8.01. The van der Waals surface area contributed by atoms with Gasteiger partial charge >= 0.3 is 5.97 Å². The number of fused-ring (bicyclic) bond motifs is 1. The van der Waals surface area contributed by atoms with E-state index in [2.05, 4.69) is 9.97 Å². The third kappa shape index (κ3) is 2.62. The Morgan fingerprint density at radius 1 is 1.29 bits per heavy atom. The number of thiophene rings is 1. The molecule has 2 aromatic heterocycles. The van der Waals surface area contributed by atoms with E-state index in [-0.39, 0.29) is 6.42 Å². The lowest BCUT2D eigenvalue weighted by Crippen LogP contribution is -2.16. The molecule has 1 atom stereocenters. The third-order valence-electron chi connectivity index (χ3n) is 3.28. The number of aliphatic carboxylic acids is 1. The van der Waals surface area contributed by atoms with Gasteiger partial charge in [-0.3, -0.25) is 4.79 Å². The third-order valence-corrected chi connectivity index (χ3v) is 4.21. The fourth-order valence-corrected chi connectivity index (χ4v) is 3.13. The summed E-state index contributed by atoms with van der Waals surface area (Å²) in [5.74, 6) is -2.32. The summed E-state index contributed by atoms with van der Waals surface area (Å²) in [4.78, 5) is 19.8. The van der Waals surface area contributed by atoms with Gasteiger partial charge in [0.1, 0.15) is 18.1 Å². The lowest BCUT2D eigenvalue weighted by molar-refractivity contribution is -0.138. The summed E-state index contributed by atoms with van der Waals surface area (Å²) in [7, 11) is 0. The normalized spacial score (nSPS) is 12.4. The van der Waals surface area contributed by atoms with Crippen LogP contribution >= 0.6 is 11.3 Å². The quantitative estimate of drug-likeness (QED) is 0.803. The second kappa shape index (κ2) is 5.57. The minimum atomic E-state index is -1.02. The summed E-state index contributed by atoms with van der Waals surface area (Å²) in [5, 5.41) is 11.3. The Labute approximate surface area is 123 Å². The highest BCUT2D eigenvalue weighted by Gasteiger charge is 2.25. The topological polar surface area (TPSA) is 63.1 Å². The maximum atomic E-state index is 13.8. The number of halogens is 1. The average molecular weight is 302 g/mol. The van der Waals surface area contributed by atoms with Gasteiger partial charge in [0.2, 0.25) is 0 Å². The summed E-state index contributed by atoms with van der Waals surface area (Å²) in [5.41, 5.74) is 1.52. The van der Waals surface area contributed by atoms with E-state index in [9.17, 15) is 14.3 Å². The zero-order valence-corrected chi connectivity index (χ0v) is 11.7. The van der Waals surface area contributed by atoms with Crippen LogP contribution in [0.4, 0.5) is 4.39 Å². The van der Waals surface area contributed by atoms with E-state index in [4.69, 9.17) is 0 Å². The summed E-state index contributed by atoms with van der Waals surface area (Å²) in [6.07, 6.45) is 1.41. The van der Waals surface area contributed by atoms with Crippen LogP contribution in [0.2, 0.25) is 0 Å². The van der Waals surface area contributed by atoms with Gasteiger partial charge in [-0.15, -0.1) is 11.3 Å². The van der Waals surface area contributed by atoms with Crippen LogP contribution in [-0.2, 0) is 11.2 Å². The molecule has 1 N–H and O–H groups in total. The highest BCUT2D eigenvalue weighted by Crippen LogP contribution is 2.29. The first kappa shape index (κ1) is 13.6. The Balaban J connectivity index is 2.05. The number of hydrogen-bond acceptors (Lipinski definition) is 4. The second-order valence-corrected chi connectivity index (χ2v) is 5.50. The molecular weight excluding hydrogens is 291 g/mol. The summed E-state index contributed by atoms with van der Waals surface area (Å²) < 4.78 is 14.5. The fraction of sp³-hybridized carbons (Fsp3) is 0.133. The Morgan fingerprint density at radius 3 is 2.86 bits per heavy atom. The lowest BCUT2D eigenvalue weighted by atomic mass is 9.95. The van der Waals surface area contributed by atoms with Crippen LogP contribution in [0.3, 0.4) is 0 Å². The Hall–Kier alpha value is -2.34. The van der Waals surface area contributed by atoms with Crippen molar-refractivity contribution in [2.45, 2.75) is 12.3 Å². The number of benzene rings is 1. The second-order valence-electron chi connectivity index (χ2n) is 4.58. The number of nitrogens with zero attached hydrogens (tertiary/aromatic N) is 2. The standard InChI is InChI=1S/C15H11FN2O2S/c16-11-4-2-1-3-9(11)7-10(15(19)20)13-14-12(5-6-21-14)17-8-18-13/h1-6,8,10H,7H2,(H,19,20). The van der Waals surface area contributed by atoms with Gasteiger partial charge in [-0.2, -0.15) is 0 Å². The number of carboxylic acid groups (broad SMARTS) is 1. The molecule has 21 heavy (non-hydrogen) atoms. The molecular formula is C15H11FN2O2S. The summed E-state index contributed by atoms with van der Waals surface area (Å²) in [6.45, 7) is 0. The molecule has 0 bridgehead atoms. The zero-order valence-electron chi connectivity index (χ0n) is 10.9. The van der Waals surface area contributed by atoms with E-state index < -0.39 is 17.7 Å². The van der Waals surface area contributed by atoms with Crippen molar-refractivity contribution in [2.75, 3.05) is 0 Å². The molecule has 6 heteroatoms. The van der Waals surface area contributed by atoms with Crippen molar-refractivity contribution in [3.05, 3.63) is 59.1 Å². The molecule has 1 aromatic carbocycles. The van der Waals surface area contributed by atoms with Crippen molar-refractivity contribution in [1.29, 1.82) is 0 Å². The van der Waals surface area contributed by atoms with E-state index in [1.807, 2.05) is 11.4 Å². The highest BCUT2D eigenvalue weighted by atomic mass is 32.1. The molecule has 1 unspecified atom stereocenters. The minimum absolute atomic E-state index is 0.0615. The molecule has 0 fully saturated rings. The molecule has 0 aliphatic rings. The van der Waals surface area contributed by atoms with E-state index >= 15 is 0 Å². The monoisotopic (exact) mass is 302 g/mol. The van der Waals surface area contributed by atoms with Crippen molar-refractivity contribution in [3.8, 4) is 0 Å². The van der Waals surface area contributed by atoms with Crippen molar-refractivity contribution in [2.24, 2.45) is 0 Å². The first-order valence-corrected chi connectivity index (χ1v) is 7.19. The van der Waals surface area contributed by atoms with Crippen molar-refractivity contribution in [3.63, 3.8) is 0 Å². The summed E-state index contributed by atoms with van der Waals surface area (Å²) >= 11 is 1.39. The van der Waals surface area contributed by atoms with Gasteiger partial charge in [0.05, 0.1) is 15.9 Å². The molecule has 0 aliphatic heterocycles. The van der Waals surface area contributed by atoms with Crippen LogP contribution in [0.25, 0.3) is 10.2 Å². The van der Waals surface area contributed by atoms with Gasteiger partial charge in [-0.25, -0.2) is 14.4 Å². The Kier molecular flexibility index (Phi) is 3.62. The largest absolute Gasteiger partial charge is 0.481 e. The SMILES string of the molecule is O=C(O)C(Cc1ccccc1F)c1ncnc2ccsc12. The van der Waals surface area contributed by atoms with Gasteiger partial charge in [-0.1, -0.05) is 18.2 Å². The zero-order chi connectivity index (χ0) is 14.8. The highest BCUT2D eigenvalue weighted by molar-refractivity contribution is 7.17. The number of rotatable bonds is 4. The van der Waals surface area contributed by atoms with Gasteiger partial charge < -0.3 is 5.11 Å². The van der Waals surface area contributed by atoms with Crippen LogP contribution in [-0.4, -0.2) is 21.0 Å². The maximum Gasteiger partial charge on any atom is 0.312 e. The molecule has 4 nitrogen and oxygen atoms in total. The van der Waals surface area contributed by atoms with E-state index in [1.165, 1.54) is 23.7 Å². The average Bonchev–Trinajstić information content (AvgIpc) is 2.94. The predicted octanol–water partition coefficient (Wildman–Crippen LogP) is 3.24. The molecule has 0 amide bonds. The van der Waals surface area contributed by atoms with E-state index in [1.54, 1.807) is 18.2 Å². The van der Waals surface area contributed by atoms with Crippen molar-refractivity contribution < 1.29 is 14.3 Å².